The van der Waals surface area contributed by atoms with E-state index in [2.05, 4.69) is 40.1 Å². The van der Waals surface area contributed by atoms with Crippen molar-refractivity contribution in [1.82, 2.24) is 14.9 Å². The lowest BCUT2D eigenvalue weighted by Gasteiger charge is -2.26. The Morgan fingerprint density at radius 2 is 2.17 bits per heavy atom. The van der Waals surface area contributed by atoms with E-state index in [0.717, 1.165) is 18.7 Å². The number of pyridine rings is 1. The number of hydrogen-bond acceptors (Lipinski definition) is 3. The van der Waals surface area contributed by atoms with Gasteiger partial charge in [-0.25, -0.2) is 0 Å². The summed E-state index contributed by atoms with van der Waals surface area (Å²) in [5.41, 5.74) is 5.22. The number of aryl methyl sites for hydroxylation is 1. The summed E-state index contributed by atoms with van der Waals surface area (Å²) in [6, 6.07) is 10.7. The van der Waals surface area contributed by atoms with Gasteiger partial charge in [0.25, 0.3) is 0 Å². The van der Waals surface area contributed by atoms with Gasteiger partial charge in [0.05, 0.1) is 13.2 Å². The molecule has 1 aliphatic rings. The largest absolute Gasteiger partial charge is 0.497 e. The number of methoxy groups -OCH3 is 1. The van der Waals surface area contributed by atoms with Crippen molar-refractivity contribution in [3.05, 3.63) is 59.5 Å². The van der Waals surface area contributed by atoms with E-state index in [1.54, 1.807) is 7.11 Å². The van der Waals surface area contributed by atoms with Crippen LogP contribution in [0.2, 0.25) is 0 Å². The van der Waals surface area contributed by atoms with Crippen LogP contribution in [0.25, 0.3) is 10.9 Å². The molecular formula is C18H20ClN3O. The maximum Gasteiger partial charge on any atom is 0.119 e. The predicted molar refractivity (Wildman–Crippen MR) is 94.5 cm³/mol. The SMILES string of the molecule is COc1ccc2c(c1)c1c(n2C)C(c2cccnc2)NCC1.Cl. The van der Waals surface area contributed by atoms with E-state index in [1.165, 1.54) is 27.7 Å². The number of nitrogens with one attached hydrogen (secondary N) is 1. The summed E-state index contributed by atoms with van der Waals surface area (Å²) in [4.78, 5) is 4.27. The molecule has 2 aromatic heterocycles. The first-order chi connectivity index (χ1) is 10.8. The fourth-order valence-corrected chi connectivity index (χ4v) is 3.54. The summed E-state index contributed by atoms with van der Waals surface area (Å²) in [5, 5.41) is 4.93. The van der Waals surface area contributed by atoms with Crippen molar-refractivity contribution in [1.29, 1.82) is 0 Å². The summed E-state index contributed by atoms with van der Waals surface area (Å²) in [7, 11) is 3.86. The molecular weight excluding hydrogens is 310 g/mol. The standard InChI is InChI=1S/C18H19N3O.ClH/c1-21-16-6-5-13(22-2)10-15(16)14-7-9-20-17(18(14)21)12-4-3-8-19-11-12;/h3-6,8,10-11,17,20H,7,9H2,1-2H3;1H. The molecule has 5 heteroatoms. The number of ether oxygens (including phenoxy) is 1. The van der Waals surface area contributed by atoms with Crippen molar-refractivity contribution in [3.63, 3.8) is 0 Å². The van der Waals surface area contributed by atoms with Crippen LogP contribution in [-0.2, 0) is 13.5 Å². The van der Waals surface area contributed by atoms with E-state index in [1.807, 2.05) is 24.5 Å². The summed E-state index contributed by atoms with van der Waals surface area (Å²) in [5.74, 6) is 0.914. The third-order valence-electron chi connectivity index (χ3n) is 4.58. The van der Waals surface area contributed by atoms with E-state index in [0.29, 0.717) is 0 Å². The van der Waals surface area contributed by atoms with Crippen LogP contribution in [0.3, 0.4) is 0 Å². The molecule has 0 saturated heterocycles. The smallest absolute Gasteiger partial charge is 0.119 e. The van der Waals surface area contributed by atoms with Gasteiger partial charge in [-0.2, -0.15) is 0 Å². The normalized spacial score (nSPS) is 16.7. The molecule has 0 aliphatic carbocycles. The molecule has 4 rings (SSSR count). The van der Waals surface area contributed by atoms with Crippen LogP contribution in [0.15, 0.2) is 42.7 Å². The van der Waals surface area contributed by atoms with Crippen molar-refractivity contribution in [2.24, 2.45) is 7.05 Å². The number of nitrogens with zero attached hydrogens (tertiary/aromatic N) is 2. The lowest BCUT2D eigenvalue weighted by atomic mass is 9.95. The molecule has 0 fully saturated rings. The van der Waals surface area contributed by atoms with Gasteiger partial charge in [0.15, 0.2) is 0 Å². The molecule has 1 atom stereocenters. The Balaban J connectivity index is 0.00000156. The summed E-state index contributed by atoms with van der Waals surface area (Å²) in [6.45, 7) is 0.975. The highest BCUT2D eigenvalue weighted by atomic mass is 35.5. The van der Waals surface area contributed by atoms with E-state index in [-0.39, 0.29) is 18.4 Å². The van der Waals surface area contributed by atoms with Crippen LogP contribution in [0.5, 0.6) is 5.75 Å². The molecule has 23 heavy (non-hydrogen) atoms. The van der Waals surface area contributed by atoms with Crippen LogP contribution < -0.4 is 10.1 Å². The molecule has 1 unspecified atom stereocenters. The lowest BCUT2D eigenvalue weighted by Crippen LogP contribution is -2.31. The Labute approximate surface area is 141 Å². The minimum Gasteiger partial charge on any atom is -0.497 e. The fourth-order valence-electron chi connectivity index (χ4n) is 3.54. The van der Waals surface area contributed by atoms with Crippen LogP contribution in [0.4, 0.5) is 0 Å². The van der Waals surface area contributed by atoms with Gasteiger partial charge in [0.2, 0.25) is 0 Å². The molecule has 4 nitrogen and oxygen atoms in total. The third kappa shape index (κ3) is 2.48. The minimum absolute atomic E-state index is 0. The highest BCUT2D eigenvalue weighted by molar-refractivity contribution is 5.87. The Bertz CT molecular complexity index is 829. The fraction of sp³-hybridized carbons (Fsp3) is 0.278. The zero-order valence-corrected chi connectivity index (χ0v) is 14.1. The van der Waals surface area contributed by atoms with Gasteiger partial charge in [0, 0.05) is 42.6 Å². The van der Waals surface area contributed by atoms with E-state index in [9.17, 15) is 0 Å². The van der Waals surface area contributed by atoms with Gasteiger partial charge in [-0.3, -0.25) is 4.98 Å². The second kappa shape index (κ2) is 6.22. The maximum absolute atomic E-state index is 5.40. The topological polar surface area (TPSA) is 39.1 Å². The summed E-state index contributed by atoms with van der Waals surface area (Å²) >= 11 is 0. The first kappa shape index (κ1) is 15.8. The van der Waals surface area contributed by atoms with E-state index < -0.39 is 0 Å². The van der Waals surface area contributed by atoms with Crippen molar-refractivity contribution in [3.8, 4) is 5.75 Å². The Kier molecular flexibility index (Phi) is 4.28. The molecule has 0 saturated carbocycles. The molecule has 0 amide bonds. The number of hydrogen-bond donors (Lipinski definition) is 1. The van der Waals surface area contributed by atoms with Gasteiger partial charge in [-0.1, -0.05) is 6.07 Å². The maximum atomic E-state index is 5.40. The number of aromatic nitrogens is 2. The monoisotopic (exact) mass is 329 g/mol. The van der Waals surface area contributed by atoms with Crippen molar-refractivity contribution < 1.29 is 4.74 Å². The molecule has 120 valence electrons. The number of fused-ring (bicyclic) bond motifs is 3. The molecule has 0 radical (unpaired) electrons. The van der Waals surface area contributed by atoms with Crippen molar-refractivity contribution >= 4 is 23.3 Å². The Morgan fingerprint density at radius 1 is 1.30 bits per heavy atom. The summed E-state index contributed by atoms with van der Waals surface area (Å²) < 4.78 is 7.70. The van der Waals surface area contributed by atoms with Gasteiger partial charge < -0.3 is 14.6 Å². The second-order valence-corrected chi connectivity index (χ2v) is 5.73. The quantitative estimate of drug-likeness (QED) is 0.784. The third-order valence-corrected chi connectivity index (χ3v) is 4.58. The molecule has 0 spiro atoms. The first-order valence-electron chi connectivity index (χ1n) is 7.58. The molecule has 1 N–H and O–H groups in total. The Morgan fingerprint density at radius 3 is 2.91 bits per heavy atom. The minimum atomic E-state index is 0. The van der Waals surface area contributed by atoms with Crippen LogP contribution in [0.1, 0.15) is 22.9 Å². The highest BCUT2D eigenvalue weighted by Gasteiger charge is 2.27. The van der Waals surface area contributed by atoms with E-state index >= 15 is 0 Å². The van der Waals surface area contributed by atoms with Crippen LogP contribution in [-0.4, -0.2) is 23.2 Å². The molecule has 0 bridgehead atoms. The average Bonchev–Trinajstić information content (AvgIpc) is 2.88. The number of benzene rings is 1. The molecule has 1 aliphatic heterocycles. The van der Waals surface area contributed by atoms with Crippen molar-refractivity contribution in [2.45, 2.75) is 12.5 Å². The zero-order valence-electron chi connectivity index (χ0n) is 13.2. The van der Waals surface area contributed by atoms with Crippen molar-refractivity contribution in [2.75, 3.05) is 13.7 Å². The van der Waals surface area contributed by atoms with Gasteiger partial charge in [0.1, 0.15) is 5.75 Å². The average molecular weight is 330 g/mol. The molecule has 3 heterocycles. The number of halogens is 1. The van der Waals surface area contributed by atoms with Crippen LogP contribution >= 0.6 is 12.4 Å². The highest BCUT2D eigenvalue weighted by Crippen LogP contribution is 2.36. The second-order valence-electron chi connectivity index (χ2n) is 5.73. The predicted octanol–water partition coefficient (Wildman–Crippen LogP) is 3.24. The van der Waals surface area contributed by atoms with Gasteiger partial charge in [-0.05, 0) is 41.8 Å². The summed E-state index contributed by atoms with van der Waals surface area (Å²) in [6.07, 6.45) is 4.81. The molecule has 3 aromatic rings. The zero-order chi connectivity index (χ0) is 15.1. The van der Waals surface area contributed by atoms with Gasteiger partial charge in [-0.15, -0.1) is 12.4 Å². The first-order valence-corrected chi connectivity index (χ1v) is 7.58. The Hall–Kier alpha value is -2.04. The van der Waals surface area contributed by atoms with Crippen LogP contribution in [0, 0.1) is 0 Å². The lowest BCUT2D eigenvalue weighted by molar-refractivity contribution is 0.415. The molecule has 1 aromatic carbocycles. The number of rotatable bonds is 2. The van der Waals surface area contributed by atoms with E-state index in [4.69, 9.17) is 4.74 Å². The van der Waals surface area contributed by atoms with Gasteiger partial charge >= 0.3 is 0 Å².